The highest BCUT2D eigenvalue weighted by Gasteiger charge is 2.30. The van der Waals surface area contributed by atoms with Crippen molar-refractivity contribution in [3.8, 4) is 0 Å². The van der Waals surface area contributed by atoms with Gasteiger partial charge in [0, 0.05) is 25.7 Å². The first-order valence-corrected chi connectivity index (χ1v) is 42.0. The number of phosphoric acid groups is 2. The Morgan fingerprint density at radius 3 is 0.895 bits per heavy atom. The van der Waals surface area contributed by atoms with Gasteiger partial charge in [-0.1, -0.05) is 322 Å². The molecule has 0 saturated heterocycles. The number of carbonyl (C=O) groups excluding carboxylic acids is 4. The summed E-state index contributed by atoms with van der Waals surface area (Å²) in [6.45, 7) is 7.17. The van der Waals surface area contributed by atoms with Crippen molar-refractivity contribution in [1.29, 1.82) is 0 Å². The molecule has 0 aliphatic rings. The third kappa shape index (κ3) is 68.5. The molecule has 0 spiro atoms. The van der Waals surface area contributed by atoms with E-state index >= 15 is 0 Å². The number of allylic oxidation sites excluding steroid dienone is 4. The molecule has 0 aromatic rings. The lowest BCUT2D eigenvalue weighted by Gasteiger charge is -2.21. The van der Waals surface area contributed by atoms with Gasteiger partial charge < -0.3 is 33.8 Å². The first-order valence-electron chi connectivity index (χ1n) is 39.0. The summed E-state index contributed by atoms with van der Waals surface area (Å²) in [6.07, 6.45) is 60.7. The predicted octanol–water partition coefficient (Wildman–Crippen LogP) is 22.0. The maximum absolute atomic E-state index is 13.1. The molecular formula is C76H144O17P2. The fourth-order valence-electron chi connectivity index (χ4n) is 11.1. The molecule has 0 aromatic heterocycles. The van der Waals surface area contributed by atoms with Gasteiger partial charge in [-0.2, -0.15) is 0 Å². The molecule has 95 heavy (non-hydrogen) atoms. The number of phosphoric ester groups is 2. The largest absolute Gasteiger partial charge is 0.472 e. The Labute approximate surface area is 580 Å². The highest BCUT2D eigenvalue weighted by atomic mass is 31.2. The van der Waals surface area contributed by atoms with Crippen LogP contribution in [0.2, 0.25) is 0 Å². The molecule has 0 heterocycles. The second-order valence-corrected chi connectivity index (χ2v) is 29.9. The lowest BCUT2D eigenvalue weighted by atomic mass is 9.99. The molecule has 19 heteroatoms. The molecule has 0 aliphatic heterocycles. The zero-order valence-corrected chi connectivity index (χ0v) is 63.1. The highest BCUT2D eigenvalue weighted by molar-refractivity contribution is 7.47. The molecule has 0 bridgehead atoms. The van der Waals surface area contributed by atoms with Crippen molar-refractivity contribution in [3.05, 3.63) is 24.3 Å². The van der Waals surface area contributed by atoms with Crippen LogP contribution in [0.15, 0.2) is 24.3 Å². The van der Waals surface area contributed by atoms with Gasteiger partial charge in [-0.15, -0.1) is 0 Å². The van der Waals surface area contributed by atoms with Gasteiger partial charge >= 0.3 is 39.5 Å². The fourth-order valence-corrected chi connectivity index (χ4v) is 12.7. The maximum Gasteiger partial charge on any atom is 0.472 e. The molecule has 0 fully saturated rings. The quantitative estimate of drug-likeness (QED) is 0.0169. The van der Waals surface area contributed by atoms with Gasteiger partial charge in [-0.05, 0) is 57.3 Å². The second-order valence-electron chi connectivity index (χ2n) is 26.9. The zero-order valence-electron chi connectivity index (χ0n) is 61.3. The lowest BCUT2D eigenvalue weighted by Crippen LogP contribution is -2.30. The summed E-state index contributed by atoms with van der Waals surface area (Å²) in [5, 5.41) is 10.6. The molecule has 0 rings (SSSR count). The number of rotatable bonds is 74. The molecule has 0 radical (unpaired) electrons. The van der Waals surface area contributed by atoms with Crippen LogP contribution in [-0.4, -0.2) is 96.7 Å². The second kappa shape index (κ2) is 68.7. The number of hydrogen-bond donors (Lipinski definition) is 3. The van der Waals surface area contributed by atoms with Crippen LogP contribution in [0.3, 0.4) is 0 Å². The van der Waals surface area contributed by atoms with Crippen LogP contribution in [0.1, 0.15) is 375 Å². The molecule has 3 N–H and O–H groups in total. The molecule has 0 saturated carbocycles. The van der Waals surface area contributed by atoms with E-state index in [-0.39, 0.29) is 25.7 Å². The van der Waals surface area contributed by atoms with E-state index in [2.05, 4.69) is 58.9 Å². The molecule has 0 amide bonds. The standard InChI is InChI=1S/C76H144O17P2/c1-6-10-13-16-19-21-23-25-27-28-29-30-31-32-34-36-38-40-46-51-56-61-75(80)92-72(66-87-74(79)60-55-50-45-39-37-35-33-26-24-22-20-17-14-11-7-2)68-91-95(84,85)89-64-70(77)63-88-94(82,83)90-67-71(65-86-73(78)59-54-49-43-18-15-12-8-3)93-76(81)62-57-52-47-42-41-44-48-53-58-69(5)9-4/h22,24,26,33,69-72,77H,6-21,23,25,27-32,34-68H2,1-5H3,(H,82,83)(H,84,85)/b24-22-,33-26-/t69?,70-,71+,72+/m0/s1. The van der Waals surface area contributed by atoms with Gasteiger partial charge in [0.2, 0.25) is 0 Å². The van der Waals surface area contributed by atoms with Crippen LogP contribution >= 0.6 is 15.6 Å². The molecule has 6 atom stereocenters. The number of aliphatic hydroxyl groups is 1. The molecule has 0 aromatic carbocycles. The third-order valence-electron chi connectivity index (χ3n) is 17.5. The number of carbonyl (C=O) groups is 4. The van der Waals surface area contributed by atoms with E-state index in [9.17, 15) is 43.2 Å². The van der Waals surface area contributed by atoms with Crippen molar-refractivity contribution in [2.24, 2.45) is 5.92 Å². The van der Waals surface area contributed by atoms with Crippen LogP contribution in [0.4, 0.5) is 0 Å². The molecule has 3 unspecified atom stereocenters. The third-order valence-corrected chi connectivity index (χ3v) is 19.4. The van der Waals surface area contributed by atoms with E-state index in [1.807, 2.05) is 0 Å². The van der Waals surface area contributed by atoms with Crippen LogP contribution in [-0.2, 0) is 65.4 Å². The average molecular weight is 1390 g/mol. The lowest BCUT2D eigenvalue weighted by molar-refractivity contribution is -0.161. The Kier molecular flexibility index (Phi) is 66.9. The van der Waals surface area contributed by atoms with Crippen LogP contribution in [0.25, 0.3) is 0 Å². The van der Waals surface area contributed by atoms with Crippen molar-refractivity contribution in [2.75, 3.05) is 39.6 Å². The normalized spacial score (nSPS) is 14.4. The topological polar surface area (TPSA) is 237 Å². The van der Waals surface area contributed by atoms with E-state index in [4.69, 9.17) is 37.0 Å². The molecule has 17 nitrogen and oxygen atoms in total. The predicted molar refractivity (Wildman–Crippen MR) is 386 cm³/mol. The van der Waals surface area contributed by atoms with Gasteiger partial charge in [0.1, 0.15) is 19.3 Å². The minimum Gasteiger partial charge on any atom is -0.462 e. The highest BCUT2D eigenvalue weighted by Crippen LogP contribution is 2.45. The summed E-state index contributed by atoms with van der Waals surface area (Å²) in [4.78, 5) is 72.6. The number of unbranched alkanes of at least 4 members (excludes halogenated alkanes) is 42. The van der Waals surface area contributed by atoms with E-state index in [1.165, 1.54) is 167 Å². The number of ether oxygens (including phenoxy) is 4. The van der Waals surface area contributed by atoms with Crippen molar-refractivity contribution in [2.45, 2.75) is 393 Å². The maximum atomic E-state index is 13.1. The van der Waals surface area contributed by atoms with Crippen molar-refractivity contribution >= 4 is 39.5 Å². The van der Waals surface area contributed by atoms with Crippen LogP contribution < -0.4 is 0 Å². The van der Waals surface area contributed by atoms with Gasteiger partial charge in [-0.3, -0.25) is 37.3 Å². The number of hydrogen-bond acceptors (Lipinski definition) is 15. The number of aliphatic hydroxyl groups excluding tert-OH is 1. The Morgan fingerprint density at radius 1 is 0.337 bits per heavy atom. The summed E-state index contributed by atoms with van der Waals surface area (Å²) in [7, 11) is -9.92. The van der Waals surface area contributed by atoms with Crippen molar-refractivity contribution in [1.82, 2.24) is 0 Å². The Balaban J connectivity index is 5.20. The Morgan fingerprint density at radius 2 is 0.589 bits per heavy atom. The smallest absolute Gasteiger partial charge is 0.462 e. The minimum absolute atomic E-state index is 0.102. The van der Waals surface area contributed by atoms with Crippen molar-refractivity contribution in [3.63, 3.8) is 0 Å². The minimum atomic E-state index is -4.96. The SMILES string of the molecule is CCCCCC/C=C\C=C/CCCCCCCC(=O)OC[C@H](COP(=O)(O)OC[C@@H](O)COP(=O)(O)OC[C@@H](COC(=O)CCCCCCCCC)OC(=O)CCCCCCCCCCC(C)CC)OC(=O)CCCCCCCCCCCCCCCCCCCCCCC. The van der Waals surface area contributed by atoms with E-state index in [1.54, 1.807) is 0 Å². The van der Waals surface area contributed by atoms with Crippen molar-refractivity contribution < 1.29 is 80.2 Å². The summed E-state index contributed by atoms with van der Waals surface area (Å²) in [5.74, 6) is -1.38. The van der Waals surface area contributed by atoms with Crippen LogP contribution in [0.5, 0.6) is 0 Å². The van der Waals surface area contributed by atoms with Crippen LogP contribution in [0, 0.1) is 5.92 Å². The summed E-state index contributed by atoms with van der Waals surface area (Å²) >= 11 is 0. The monoisotopic (exact) mass is 1390 g/mol. The van der Waals surface area contributed by atoms with E-state index < -0.39 is 97.5 Å². The summed E-state index contributed by atoms with van der Waals surface area (Å²) in [6, 6.07) is 0. The Bertz CT molecular complexity index is 1920. The van der Waals surface area contributed by atoms with Gasteiger partial charge in [0.25, 0.3) is 0 Å². The average Bonchev–Trinajstić information content (AvgIpc) is 3.21. The zero-order chi connectivity index (χ0) is 69.8. The van der Waals surface area contributed by atoms with E-state index in [0.717, 1.165) is 128 Å². The first-order chi connectivity index (χ1) is 46.1. The summed E-state index contributed by atoms with van der Waals surface area (Å²) in [5.41, 5.74) is 0. The van der Waals surface area contributed by atoms with Gasteiger partial charge in [0.05, 0.1) is 26.4 Å². The van der Waals surface area contributed by atoms with E-state index in [0.29, 0.717) is 25.7 Å². The first kappa shape index (κ1) is 92.5. The summed E-state index contributed by atoms with van der Waals surface area (Å²) < 4.78 is 68.3. The van der Waals surface area contributed by atoms with Gasteiger partial charge in [-0.25, -0.2) is 9.13 Å². The molecule has 560 valence electrons. The molecular weight excluding hydrogens is 1250 g/mol. The fraction of sp³-hybridized carbons (Fsp3) is 0.895. The number of esters is 4. The van der Waals surface area contributed by atoms with Gasteiger partial charge in [0.15, 0.2) is 12.2 Å². The molecule has 0 aliphatic carbocycles. The Hall–Kier alpha value is -2.46.